The first-order valence-corrected chi connectivity index (χ1v) is 7.60. The summed E-state index contributed by atoms with van der Waals surface area (Å²) >= 11 is 0. The first-order chi connectivity index (χ1) is 12.1. The molecule has 1 aromatic heterocycles. The third-order valence-electron chi connectivity index (χ3n) is 3.60. The zero-order valence-corrected chi connectivity index (χ0v) is 13.2. The number of amides is 1. The highest BCUT2D eigenvalue weighted by atomic mass is 16.6. The Morgan fingerprint density at radius 2 is 1.92 bits per heavy atom. The SMILES string of the molecule is O=C(COc1ccc([N+](=O)[O-])c2cccnc12)NCc1ccccc1. The van der Waals surface area contributed by atoms with Crippen LogP contribution in [0.4, 0.5) is 5.69 Å². The van der Waals surface area contributed by atoms with Crippen molar-refractivity contribution in [2.75, 3.05) is 6.61 Å². The molecule has 1 heterocycles. The van der Waals surface area contributed by atoms with Gasteiger partial charge in [-0.2, -0.15) is 0 Å². The van der Waals surface area contributed by atoms with E-state index in [0.717, 1.165) is 5.56 Å². The zero-order chi connectivity index (χ0) is 17.6. The monoisotopic (exact) mass is 337 g/mol. The Labute approximate surface area is 143 Å². The number of nitro benzene ring substituents is 1. The minimum atomic E-state index is -0.472. The van der Waals surface area contributed by atoms with E-state index >= 15 is 0 Å². The third-order valence-corrected chi connectivity index (χ3v) is 3.60. The maximum absolute atomic E-state index is 11.9. The predicted octanol–water partition coefficient (Wildman–Crippen LogP) is 2.84. The number of hydrogen-bond donors (Lipinski definition) is 1. The summed E-state index contributed by atoms with van der Waals surface area (Å²) in [5.41, 5.74) is 1.29. The quantitative estimate of drug-likeness (QED) is 0.551. The summed E-state index contributed by atoms with van der Waals surface area (Å²) in [4.78, 5) is 26.7. The summed E-state index contributed by atoms with van der Waals surface area (Å²) in [6, 6.07) is 15.5. The van der Waals surface area contributed by atoms with Crippen LogP contribution in [0.5, 0.6) is 5.75 Å². The number of hydrogen-bond acceptors (Lipinski definition) is 5. The highest BCUT2D eigenvalue weighted by Crippen LogP contribution is 2.31. The van der Waals surface area contributed by atoms with E-state index in [-0.39, 0.29) is 18.2 Å². The van der Waals surface area contributed by atoms with Gasteiger partial charge in [-0.3, -0.25) is 19.9 Å². The normalized spacial score (nSPS) is 10.4. The van der Waals surface area contributed by atoms with Crippen molar-refractivity contribution in [3.8, 4) is 5.75 Å². The lowest BCUT2D eigenvalue weighted by Gasteiger charge is -2.09. The van der Waals surface area contributed by atoms with Crippen molar-refractivity contribution < 1.29 is 14.5 Å². The highest BCUT2D eigenvalue weighted by Gasteiger charge is 2.16. The largest absolute Gasteiger partial charge is 0.481 e. The summed E-state index contributed by atoms with van der Waals surface area (Å²) in [7, 11) is 0. The van der Waals surface area contributed by atoms with Crippen LogP contribution in [-0.2, 0) is 11.3 Å². The van der Waals surface area contributed by atoms with E-state index in [1.54, 1.807) is 12.1 Å². The van der Waals surface area contributed by atoms with Gasteiger partial charge < -0.3 is 10.1 Å². The molecule has 0 unspecified atom stereocenters. The molecular weight excluding hydrogens is 322 g/mol. The fraction of sp³-hybridized carbons (Fsp3) is 0.111. The van der Waals surface area contributed by atoms with Crippen molar-refractivity contribution in [3.05, 3.63) is 76.5 Å². The fourth-order valence-electron chi connectivity index (χ4n) is 2.40. The van der Waals surface area contributed by atoms with Gasteiger partial charge in [-0.15, -0.1) is 0 Å². The Balaban J connectivity index is 1.68. The van der Waals surface area contributed by atoms with Crippen LogP contribution in [0.1, 0.15) is 5.56 Å². The molecule has 0 radical (unpaired) electrons. The van der Waals surface area contributed by atoms with Gasteiger partial charge >= 0.3 is 0 Å². The average molecular weight is 337 g/mol. The highest BCUT2D eigenvalue weighted by molar-refractivity contribution is 5.92. The zero-order valence-electron chi connectivity index (χ0n) is 13.2. The van der Waals surface area contributed by atoms with Crippen LogP contribution in [0.2, 0.25) is 0 Å². The second kappa shape index (κ2) is 7.39. The molecular formula is C18H15N3O4. The Morgan fingerprint density at radius 3 is 2.68 bits per heavy atom. The van der Waals surface area contributed by atoms with Gasteiger partial charge in [0.15, 0.2) is 6.61 Å². The number of aromatic nitrogens is 1. The van der Waals surface area contributed by atoms with Crippen LogP contribution in [0.3, 0.4) is 0 Å². The van der Waals surface area contributed by atoms with Crippen LogP contribution < -0.4 is 10.1 Å². The summed E-state index contributed by atoms with van der Waals surface area (Å²) in [6.07, 6.45) is 1.52. The molecule has 0 aliphatic carbocycles. The Morgan fingerprint density at radius 1 is 1.12 bits per heavy atom. The lowest BCUT2D eigenvalue weighted by Crippen LogP contribution is -2.28. The number of benzene rings is 2. The summed E-state index contributed by atoms with van der Waals surface area (Å²) in [5.74, 6) is 0.0438. The van der Waals surface area contributed by atoms with Gasteiger partial charge in [0.25, 0.3) is 11.6 Å². The lowest BCUT2D eigenvalue weighted by molar-refractivity contribution is -0.383. The number of fused-ring (bicyclic) bond motifs is 1. The molecule has 1 amide bonds. The molecule has 2 aromatic carbocycles. The van der Waals surface area contributed by atoms with Gasteiger partial charge in [-0.1, -0.05) is 30.3 Å². The predicted molar refractivity (Wildman–Crippen MR) is 92.2 cm³/mol. The molecule has 3 rings (SSSR count). The number of nitrogens with zero attached hydrogens (tertiary/aromatic N) is 2. The van der Waals surface area contributed by atoms with Crippen LogP contribution >= 0.6 is 0 Å². The first kappa shape index (κ1) is 16.4. The Hall–Kier alpha value is -3.48. The van der Waals surface area contributed by atoms with E-state index in [1.807, 2.05) is 30.3 Å². The van der Waals surface area contributed by atoms with Crippen molar-refractivity contribution in [2.45, 2.75) is 6.54 Å². The molecule has 0 aliphatic rings. The number of ether oxygens (including phenoxy) is 1. The number of rotatable bonds is 6. The Kier molecular flexibility index (Phi) is 4.84. The van der Waals surface area contributed by atoms with Gasteiger partial charge in [-0.25, -0.2) is 0 Å². The van der Waals surface area contributed by atoms with E-state index in [0.29, 0.717) is 23.2 Å². The summed E-state index contributed by atoms with van der Waals surface area (Å²) < 4.78 is 5.51. The topological polar surface area (TPSA) is 94.4 Å². The fourth-order valence-corrected chi connectivity index (χ4v) is 2.40. The second-order valence-corrected chi connectivity index (χ2v) is 5.29. The van der Waals surface area contributed by atoms with Crippen molar-refractivity contribution in [1.82, 2.24) is 10.3 Å². The number of nitrogens with one attached hydrogen (secondary N) is 1. The first-order valence-electron chi connectivity index (χ1n) is 7.60. The van der Waals surface area contributed by atoms with Crippen molar-refractivity contribution >= 4 is 22.5 Å². The molecule has 0 fully saturated rings. The average Bonchev–Trinajstić information content (AvgIpc) is 2.65. The number of carbonyl (C=O) groups is 1. The summed E-state index contributed by atoms with van der Waals surface area (Å²) in [5, 5.41) is 14.2. The van der Waals surface area contributed by atoms with E-state index < -0.39 is 4.92 Å². The molecule has 0 spiro atoms. The number of nitro groups is 1. The van der Waals surface area contributed by atoms with Gasteiger partial charge in [0, 0.05) is 18.8 Å². The smallest absolute Gasteiger partial charge is 0.279 e. The molecule has 0 aliphatic heterocycles. The number of pyridine rings is 1. The van der Waals surface area contributed by atoms with E-state index in [9.17, 15) is 14.9 Å². The standard InChI is InChI=1S/C18H15N3O4/c22-17(20-11-13-5-2-1-3-6-13)12-25-16-9-8-15(21(23)24)14-7-4-10-19-18(14)16/h1-10H,11-12H2,(H,20,22). The van der Waals surface area contributed by atoms with Crippen molar-refractivity contribution in [1.29, 1.82) is 0 Å². The van der Waals surface area contributed by atoms with E-state index in [1.165, 1.54) is 18.3 Å². The van der Waals surface area contributed by atoms with Crippen LogP contribution in [0.15, 0.2) is 60.8 Å². The Bertz CT molecular complexity index is 913. The van der Waals surface area contributed by atoms with Crippen molar-refractivity contribution in [3.63, 3.8) is 0 Å². The second-order valence-electron chi connectivity index (χ2n) is 5.29. The molecule has 0 bridgehead atoms. The van der Waals surface area contributed by atoms with Gasteiger partial charge in [-0.05, 0) is 23.8 Å². The summed E-state index contributed by atoms with van der Waals surface area (Å²) in [6.45, 7) is 0.207. The molecule has 0 saturated carbocycles. The lowest BCUT2D eigenvalue weighted by atomic mass is 10.1. The van der Waals surface area contributed by atoms with Crippen LogP contribution in [0, 0.1) is 10.1 Å². The molecule has 3 aromatic rings. The van der Waals surface area contributed by atoms with Crippen molar-refractivity contribution in [2.24, 2.45) is 0 Å². The minimum Gasteiger partial charge on any atom is -0.481 e. The molecule has 1 N–H and O–H groups in total. The maximum atomic E-state index is 11.9. The molecule has 0 atom stereocenters. The van der Waals surface area contributed by atoms with Crippen LogP contribution in [0.25, 0.3) is 10.9 Å². The molecule has 7 heteroatoms. The molecule has 7 nitrogen and oxygen atoms in total. The molecule has 25 heavy (non-hydrogen) atoms. The van der Waals surface area contributed by atoms with Gasteiger partial charge in [0.2, 0.25) is 0 Å². The number of non-ortho nitro benzene ring substituents is 1. The third kappa shape index (κ3) is 3.89. The van der Waals surface area contributed by atoms with Gasteiger partial charge in [0.05, 0.1) is 10.3 Å². The van der Waals surface area contributed by atoms with Gasteiger partial charge in [0.1, 0.15) is 11.3 Å². The molecule has 0 saturated heterocycles. The number of carbonyl (C=O) groups excluding carboxylic acids is 1. The van der Waals surface area contributed by atoms with Crippen LogP contribution in [-0.4, -0.2) is 22.4 Å². The minimum absolute atomic E-state index is 0.0519. The maximum Gasteiger partial charge on any atom is 0.279 e. The molecule has 126 valence electrons. The van der Waals surface area contributed by atoms with E-state index in [4.69, 9.17) is 4.74 Å². The van der Waals surface area contributed by atoms with E-state index in [2.05, 4.69) is 10.3 Å².